The van der Waals surface area contributed by atoms with Crippen LogP contribution in [-0.2, 0) is 4.79 Å². The van der Waals surface area contributed by atoms with Gasteiger partial charge in [-0.1, -0.05) is 12.1 Å². The van der Waals surface area contributed by atoms with E-state index < -0.39 is 5.91 Å². The first-order valence-corrected chi connectivity index (χ1v) is 7.13. The number of rotatable bonds is 4. The van der Waals surface area contributed by atoms with Crippen LogP contribution in [0.15, 0.2) is 24.3 Å². The number of amides is 2. The lowest BCUT2D eigenvalue weighted by molar-refractivity contribution is -0.118. The number of hydrogen-bond donors (Lipinski definition) is 3. The van der Waals surface area contributed by atoms with Crippen molar-refractivity contribution in [2.75, 3.05) is 25.0 Å². The normalized spacial score (nSPS) is 22.8. The van der Waals surface area contributed by atoms with Crippen molar-refractivity contribution in [1.82, 2.24) is 10.2 Å². The number of para-hydroxylation sites is 1. The van der Waals surface area contributed by atoms with Crippen molar-refractivity contribution < 1.29 is 9.59 Å². The molecule has 1 heterocycles. The maximum absolute atomic E-state index is 12.2. The molecule has 2 unspecified atom stereocenters. The number of carbonyl (C=O) groups is 2. The van der Waals surface area contributed by atoms with Gasteiger partial charge in [0.25, 0.3) is 5.91 Å². The Morgan fingerprint density at radius 2 is 2.10 bits per heavy atom. The maximum atomic E-state index is 12.2. The first-order valence-electron chi connectivity index (χ1n) is 7.13. The molecule has 6 nitrogen and oxygen atoms in total. The molecule has 0 spiro atoms. The van der Waals surface area contributed by atoms with Gasteiger partial charge in [0.2, 0.25) is 5.91 Å². The summed E-state index contributed by atoms with van der Waals surface area (Å²) >= 11 is 0. The summed E-state index contributed by atoms with van der Waals surface area (Å²) in [5.74, 6) is -0.681. The van der Waals surface area contributed by atoms with Crippen molar-refractivity contribution in [1.29, 1.82) is 0 Å². The summed E-state index contributed by atoms with van der Waals surface area (Å²) in [6.45, 7) is 6.18. The van der Waals surface area contributed by atoms with E-state index in [0.29, 0.717) is 29.9 Å². The van der Waals surface area contributed by atoms with E-state index in [1.165, 1.54) is 0 Å². The maximum Gasteiger partial charge on any atom is 0.250 e. The molecule has 0 aliphatic carbocycles. The van der Waals surface area contributed by atoms with Crippen molar-refractivity contribution in [3.63, 3.8) is 0 Å². The number of anilines is 1. The van der Waals surface area contributed by atoms with Crippen molar-refractivity contribution in [2.45, 2.75) is 25.9 Å². The molecule has 1 aliphatic rings. The number of primary amides is 1. The summed E-state index contributed by atoms with van der Waals surface area (Å²) in [6.07, 6.45) is 0. The average molecular weight is 290 g/mol. The largest absolute Gasteiger partial charge is 0.366 e. The minimum atomic E-state index is -0.546. The van der Waals surface area contributed by atoms with E-state index >= 15 is 0 Å². The summed E-state index contributed by atoms with van der Waals surface area (Å²) in [6, 6.07) is 7.44. The first-order chi connectivity index (χ1) is 9.97. The highest BCUT2D eigenvalue weighted by molar-refractivity contribution is 6.03. The van der Waals surface area contributed by atoms with Crippen molar-refractivity contribution in [3.8, 4) is 0 Å². The fourth-order valence-corrected chi connectivity index (χ4v) is 2.50. The minimum absolute atomic E-state index is 0.135. The molecule has 114 valence electrons. The Labute approximate surface area is 124 Å². The highest BCUT2D eigenvalue weighted by Gasteiger charge is 2.24. The number of hydrogen-bond acceptors (Lipinski definition) is 4. The summed E-state index contributed by atoms with van der Waals surface area (Å²) < 4.78 is 0. The molecule has 0 aromatic heterocycles. The van der Waals surface area contributed by atoms with Crippen molar-refractivity contribution in [2.24, 2.45) is 5.73 Å². The van der Waals surface area contributed by atoms with Crippen LogP contribution >= 0.6 is 0 Å². The number of nitrogens with one attached hydrogen (secondary N) is 2. The molecule has 1 aromatic carbocycles. The first kappa shape index (κ1) is 15.5. The Balaban J connectivity index is 2.00. The molecule has 0 radical (unpaired) electrons. The highest BCUT2D eigenvalue weighted by Crippen LogP contribution is 2.14. The summed E-state index contributed by atoms with van der Waals surface area (Å²) in [5.41, 5.74) is 6.10. The fraction of sp³-hybridized carbons (Fsp3) is 0.467. The number of nitrogens with two attached hydrogens (primary N) is 1. The second-order valence-corrected chi connectivity index (χ2v) is 5.55. The molecule has 2 atom stereocenters. The predicted molar refractivity (Wildman–Crippen MR) is 82.1 cm³/mol. The van der Waals surface area contributed by atoms with Crippen molar-refractivity contribution >= 4 is 17.5 Å². The topological polar surface area (TPSA) is 87.5 Å². The van der Waals surface area contributed by atoms with Crippen LogP contribution in [0.3, 0.4) is 0 Å². The van der Waals surface area contributed by atoms with Gasteiger partial charge in [0.1, 0.15) is 0 Å². The van der Waals surface area contributed by atoms with E-state index in [0.717, 1.165) is 13.1 Å². The molecule has 2 rings (SSSR count). The van der Waals surface area contributed by atoms with Gasteiger partial charge in [-0.25, -0.2) is 0 Å². The van der Waals surface area contributed by atoms with Crippen LogP contribution in [0, 0.1) is 0 Å². The summed E-state index contributed by atoms with van der Waals surface area (Å²) in [4.78, 5) is 25.7. The third-order valence-electron chi connectivity index (χ3n) is 3.71. The quantitative estimate of drug-likeness (QED) is 0.749. The zero-order valence-corrected chi connectivity index (χ0v) is 12.4. The third-order valence-corrected chi connectivity index (χ3v) is 3.71. The van der Waals surface area contributed by atoms with Gasteiger partial charge in [-0.15, -0.1) is 0 Å². The molecular formula is C15H22N4O2. The molecule has 0 bridgehead atoms. The molecule has 6 heteroatoms. The molecule has 21 heavy (non-hydrogen) atoms. The Bertz CT molecular complexity index is 532. The predicted octanol–water partition coefficient (Wildman–Crippen LogP) is 0.406. The molecular weight excluding hydrogens is 268 g/mol. The molecule has 2 amide bonds. The van der Waals surface area contributed by atoms with Gasteiger partial charge >= 0.3 is 0 Å². The summed E-state index contributed by atoms with van der Waals surface area (Å²) in [7, 11) is 0. The standard InChI is InChI=1S/C15H22N4O2/c1-10-8-19(11(2)7-17-10)9-14(20)18-13-6-4-3-5-12(13)15(16)21/h3-6,10-11,17H,7-9H2,1-2H3,(H2,16,21)(H,18,20). The van der Waals surface area contributed by atoms with Crippen LogP contribution in [0.4, 0.5) is 5.69 Å². The van der Waals surface area contributed by atoms with E-state index in [-0.39, 0.29) is 5.91 Å². The highest BCUT2D eigenvalue weighted by atomic mass is 16.2. The fourth-order valence-electron chi connectivity index (χ4n) is 2.50. The smallest absolute Gasteiger partial charge is 0.250 e. The number of nitrogens with zero attached hydrogens (tertiary/aromatic N) is 1. The van der Waals surface area contributed by atoms with Crippen LogP contribution < -0.4 is 16.4 Å². The Kier molecular flexibility index (Phi) is 4.93. The molecule has 1 fully saturated rings. The Morgan fingerprint density at radius 1 is 1.38 bits per heavy atom. The van der Waals surface area contributed by atoms with Gasteiger partial charge < -0.3 is 16.4 Å². The second-order valence-electron chi connectivity index (χ2n) is 5.55. The van der Waals surface area contributed by atoms with Crippen LogP contribution in [0.25, 0.3) is 0 Å². The monoisotopic (exact) mass is 290 g/mol. The van der Waals surface area contributed by atoms with Crippen LogP contribution in [-0.4, -0.2) is 48.4 Å². The van der Waals surface area contributed by atoms with Crippen molar-refractivity contribution in [3.05, 3.63) is 29.8 Å². The SMILES string of the molecule is CC1CN(CC(=O)Nc2ccccc2C(N)=O)C(C)CN1. The van der Waals surface area contributed by atoms with Crippen LogP contribution in [0.1, 0.15) is 24.2 Å². The second kappa shape index (κ2) is 6.69. The van der Waals surface area contributed by atoms with E-state index in [9.17, 15) is 9.59 Å². The lowest BCUT2D eigenvalue weighted by atomic mass is 10.1. The number of piperazine rings is 1. The lowest BCUT2D eigenvalue weighted by Crippen LogP contribution is -2.55. The zero-order valence-electron chi connectivity index (χ0n) is 12.4. The number of benzene rings is 1. The van der Waals surface area contributed by atoms with Gasteiger partial charge in [-0.05, 0) is 26.0 Å². The lowest BCUT2D eigenvalue weighted by Gasteiger charge is -2.36. The Hall–Kier alpha value is -1.92. The molecule has 1 saturated heterocycles. The van der Waals surface area contributed by atoms with Crippen LogP contribution in [0.5, 0.6) is 0 Å². The summed E-state index contributed by atoms with van der Waals surface area (Å²) in [5, 5.41) is 6.15. The molecule has 4 N–H and O–H groups in total. The number of carbonyl (C=O) groups excluding carboxylic acids is 2. The van der Waals surface area contributed by atoms with Gasteiger partial charge in [0, 0.05) is 25.2 Å². The van der Waals surface area contributed by atoms with E-state index in [1.54, 1.807) is 24.3 Å². The van der Waals surface area contributed by atoms with Crippen LogP contribution in [0.2, 0.25) is 0 Å². The van der Waals surface area contributed by atoms with E-state index in [2.05, 4.69) is 29.4 Å². The van der Waals surface area contributed by atoms with Gasteiger partial charge in [0.15, 0.2) is 0 Å². The Morgan fingerprint density at radius 3 is 2.81 bits per heavy atom. The van der Waals surface area contributed by atoms with E-state index in [1.807, 2.05) is 0 Å². The van der Waals surface area contributed by atoms with Gasteiger partial charge in [0.05, 0.1) is 17.8 Å². The average Bonchev–Trinajstić information content (AvgIpc) is 2.43. The molecule has 1 aliphatic heterocycles. The van der Waals surface area contributed by atoms with E-state index in [4.69, 9.17) is 5.73 Å². The zero-order chi connectivity index (χ0) is 15.4. The third kappa shape index (κ3) is 4.03. The van der Waals surface area contributed by atoms with Gasteiger partial charge in [-0.2, -0.15) is 0 Å². The molecule has 0 saturated carbocycles. The van der Waals surface area contributed by atoms with Gasteiger partial charge in [-0.3, -0.25) is 14.5 Å². The minimum Gasteiger partial charge on any atom is -0.366 e. The molecule has 1 aromatic rings.